The zero-order chi connectivity index (χ0) is 24.0. The van der Waals surface area contributed by atoms with Gasteiger partial charge in [-0.3, -0.25) is 0 Å². The Morgan fingerprint density at radius 3 is 2.53 bits per heavy atom. The topological polar surface area (TPSA) is 85.8 Å². The summed E-state index contributed by atoms with van der Waals surface area (Å²) in [5.74, 6) is -3.47. The van der Waals surface area contributed by atoms with Crippen molar-refractivity contribution < 1.29 is 32.2 Å². The van der Waals surface area contributed by atoms with Crippen LogP contribution in [0.5, 0.6) is 5.88 Å². The molecule has 3 heterocycles. The van der Waals surface area contributed by atoms with Crippen molar-refractivity contribution in [2.24, 2.45) is 11.8 Å². The van der Waals surface area contributed by atoms with E-state index < -0.39 is 23.6 Å². The number of benzene rings is 1. The number of likely N-dealkylation sites (tertiary alicyclic amines) is 1. The maximum absolute atomic E-state index is 15.2. The minimum atomic E-state index is -0.897. The summed E-state index contributed by atoms with van der Waals surface area (Å²) in [5.41, 5.74) is -0.293. The molecule has 182 valence electrons. The van der Waals surface area contributed by atoms with E-state index in [4.69, 9.17) is 14.2 Å². The zero-order valence-electron chi connectivity index (χ0n) is 18.8. The minimum absolute atomic E-state index is 0.121. The molecule has 0 spiro atoms. The second kappa shape index (κ2) is 8.61. The summed E-state index contributed by atoms with van der Waals surface area (Å²) in [4.78, 5) is 22.0. The Kier molecular flexibility index (Phi) is 5.75. The van der Waals surface area contributed by atoms with E-state index in [-0.39, 0.29) is 46.5 Å². The first-order valence-corrected chi connectivity index (χ1v) is 11.2. The predicted molar refractivity (Wildman–Crippen MR) is 114 cm³/mol. The number of nitrogens with zero attached hydrogens (tertiary/aromatic N) is 3. The molecule has 1 aliphatic carbocycles. The van der Waals surface area contributed by atoms with E-state index in [2.05, 4.69) is 15.3 Å². The summed E-state index contributed by atoms with van der Waals surface area (Å²) in [5, 5.41) is 2.54. The third-order valence-electron chi connectivity index (χ3n) is 6.56. The fourth-order valence-electron chi connectivity index (χ4n) is 4.33. The number of piperidine rings is 1. The minimum Gasteiger partial charge on any atom is -0.471 e. The number of carbonyl (C=O) groups is 1. The molecule has 3 aliphatic rings. The van der Waals surface area contributed by atoms with Gasteiger partial charge < -0.3 is 24.4 Å². The van der Waals surface area contributed by atoms with Crippen LogP contribution >= 0.6 is 0 Å². The predicted octanol–water partition coefficient (Wildman–Crippen LogP) is 3.96. The van der Waals surface area contributed by atoms with Crippen molar-refractivity contribution >= 4 is 17.6 Å². The number of halogens is 3. The highest BCUT2D eigenvalue weighted by Crippen LogP contribution is 2.40. The van der Waals surface area contributed by atoms with Crippen molar-refractivity contribution in [3.63, 3.8) is 0 Å². The second-order valence-corrected chi connectivity index (χ2v) is 9.41. The zero-order valence-corrected chi connectivity index (χ0v) is 18.8. The van der Waals surface area contributed by atoms with Crippen LogP contribution in [-0.4, -0.2) is 59.0 Å². The summed E-state index contributed by atoms with van der Waals surface area (Å²) < 4.78 is 60.0. The number of aromatic nitrogens is 2. The number of hydrogen-bond donors (Lipinski definition) is 1. The average Bonchev–Trinajstić information content (AvgIpc) is 3.50. The van der Waals surface area contributed by atoms with E-state index in [1.165, 1.54) is 13.0 Å². The van der Waals surface area contributed by atoms with E-state index in [9.17, 15) is 13.6 Å². The molecule has 8 nitrogen and oxygen atoms in total. The molecule has 0 radical (unpaired) electrons. The normalized spacial score (nSPS) is 25.0. The first-order valence-electron chi connectivity index (χ1n) is 11.2. The van der Waals surface area contributed by atoms with Crippen molar-refractivity contribution in [1.82, 2.24) is 14.9 Å². The Labute approximate surface area is 194 Å². The van der Waals surface area contributed by atoms with Gasteiger partial charge in [-0.1, -0.05) is 0 Å². The number of hydrogen-bond acceptors (Lipinski definition) is 7. The van der Waals surface area contributed by atoms with Crippen LogP contribution in [0.2, 0.25) is 0 Å². The molecule has 3 fully saturated rings. The molecule has 1 aromatic carbocycles. The van der Waals surface area contributed by atoms with Crippen molar-refractivity contribution in [1.29, 1.82) is 0 Å². The first-order chi connectivity index (χ1) is 16.2. The van der Waals surface area contributed by atoms with Gasteiger partial charge in [0, 0.05) is 31.0 Å². The number of carbonyl (C=O) groups excluding carboxylic acids is 1. The van der Waals surface area contributed by atoms with Crippen LogP contribution in [0.25, 0.3) is 0 Å². The van der Waals surface area contributed by atoms with Crippen molar-refractivity contribution in [3.05, 3.63) is 41.5 Å². The molecule has 1 amide bonds. The van der Waals surface area contributed by atoms with Gasteiger partial charge in [-0.2, -0.15) is 9.37 Å². The molecule has 1 N–H and O–H groups in total. The molecule has 2 saturated heterocycles. The Morgan fingerprint density at radius 1 is 1.15 bits per heavy atom. The number of amides is 1. The lowest BCUT2D eigenvalue weighted by Crippen LogP contribution is -2.59. The summed E-state index contributed by atoms with van der Waals surface area (Å²) in [6.45, 7) is 4.79. The standard InChI is InChI=1S/C23H25F3N4O4/c1-12-5-17(16(25)6-15(12)24)29-20-18(26)21(28-11-27-20)33-19-13-7-30(8-14(19)10-32-9-13)22(31)34-23(2)3-4-23/h5-6,11,13-14,19H,3-4,7-10H2,1-2H3,(H,27,28,29). The molecular weight excluding hydrogens is 453 g/mol. The number of nitrogens with one attached hydrogen (secondary N) is 1. The van der Waals surface area contributed by atoms with Gasteiger partial charge in [-0.15, -0.1) is 0 Å². The third-order valence-corrected chi connectivity index (χ3v) is 6.56. The van der Waals surface area contributed by atoms with Gasteiger partial charge in [0.25, 0.3) is 5.88 Å². The van der Waals surface area contributed by atoms with Gasteiger partial charge in [-0.05, 0) is 38.3 Å². The molecule has 2 aliphatic heterocycles. The van der Waals surface area contributed by atoms with Gasteiger partial charge in [0.1, 0.15) is 29.7 Å². The Hall–Kier alpha value is -3.08. The van der Waals surface area contributed by atoms with Crippen molar-refractivity contribution in [2.45, 2.75) is 38.4 Å². The number of rotatable bonds is 5. The quantitative estimate of drug-likeness (QED) is 0.696. The highest BCUT2D eigenvalue weighted by molar-refractivity contribution is 5.68. The van der Waals surface area contributed by atoms with Crippen LogP contribution in [0, 0.1) is 36.2 Å². The van der Waals surface area contributed by atoms with E-state index in [1.807, 2.05) is 6.92 Å². The van der Waals surface area contributed by atoms with Gasteiger partial charge >= 0.3 is 6.09 Å². The Balaban J connectivity index is 1.31. The highest BCUT2D eigenvalue weighted by Gasteiger charge is 2.47. The fourth-order valence-corrected chi connectivity index (χ4v) is 4.33. The molecule has 2 aromatic rings. The van der Waals surface area contributed by atoms with Crippen LogP contribution in [0.3, 0.4) is 0 Å². The van der Waals surface area contributed by atoms with Gasteiger partial charge in [0.05, 0.1) is 18.9 Å². The molecule has 34 heavy (non-hydrogen) atoms. The average molecular weight is 478 g/mol. The summed E-state index contributed by atoms with van der Waals surface area (Å²) >= 11 is 0. The van der Waals surface area contributed by atoms with Crippen molar-refractivity contribution in [2.75, 3.05) is 31.6 Å². The third kappa shape index (κ3) is 4.48. The van der Waals surface area contributed by atoms with Crippen LogP contribution in [-0.2, 0) is 9.47 Å². The van der Waals surface area contributed by atoms with Gasteiger partial charge in [0.15, 0.2) is 5.82 Å². The molecule has 11 heteroatoms. The number of aryl methyl sites for hydroxylation is 1. The highest BCUT2D eigenvalue weighted by atomic mass is 19.1. The molecular formula is C23H25F3N4O4. The summed E-state index contributed by atoms with van der Waals surface area (Å²) in [7, 11) is 0. The maximum Gasteiger partial charge on any atom is 0.410 e. The van der Waals surface area contributed by atoms with E-state index in [0.717, 1.165) is 25.2 Å². The van der Waals surface area contributed by atoms with E-state index in [0.29, 0.717) is 26.3 Å². The Bertz CT molecular complexity index is 1100. The monoisotopic (exact) mass is 478 g/mol. The van der Waals surface area contributed by atoms with Crippen LogP contribution in [0.4, 0.5) is 29.5 Å². The smallest absolute Gasteiger partial charge is 0.410 e. The fraction of sp³-hybridized carbons (Fsp3) is 0.522. The lowest BCUT2D eigenvalue weighted by atomic mass is 9.84. The molecule has 2 atom stereocenters. The van der Waals surface area contributed by atoms with E-state index in [1.54, 1.807) is 4.90 Å². The van der Waals surface area contributed by atoms with Gasteiger partial charge in [0.2, 0.25) is 5.82 Å². The largest absolute Gasteiger partial charge is 0.471 e. The van der Waals surface area contributed by atoms with Crippen molar-refractivity contribution in [3.8, 4) is 5.88 Å². The van der Waals surface area contributed by atoms with Crippen LogP contribution in [0.1, 0.15) is 25.3 Å². The first kappa shape index (κ1) is 22.7. The number of ether oxygens (including phenoxy) is 3. The van der Waals surface area contributed by atoms with Crippen LogP contribution in [0.15, 0.2) is 18.5 Å². The molecule has 1 aromatic heterocycles. The summed E-state index contributed by atoms with van der Waals surface area (Å²) in [6.07, 6.45) is 2.03. The Morgan fingerprint density at radius 2 is 1.85 bits per heavy atom. The number of fused-ring (bicyclic) bond motifs is 2. The second-order valence-electron chi connectivity index (χ2n) is 9.41. The summed E-state index contributed by atoms with van der Waals surface area (Å²) in [6, 6.07) is 1.95. The lowest BCUT2D eigenvalue weighted by Gasteiger charge is -2.46. The molecule has 2 bridgehead atoms. The van der Waals surface area contributed by atoms with Gasteiger partial charge in [-0.25, -0.2) is 18.6 Å². The van der Waals surface area contributed by atoms with E-state index >= 15 is 4.39 Å². The molecule has 5 rings (SSSR count). The molecule has 2 unspecified atom stereocenters. The SMILES string of the molecule is Cc1cc(Nc2ncnc(OC3C4COCC3CN(C(=O)OC3(C)CC3)C4)c2F)c(F)cc1F. The lowest BCUT2D eigenvalue weighted by molar-refractivity contribution is -0.112. The maximum atomic E-state index is 15.2. The van der Waals surface area contributed by atoms with Crippen LogP contribution < -0.4 is 10.1 Å². The molecule has 1 saturated carbocycles. The number of anilines is 2.